The number of halogens is 1. The molecule has 1 fully saturated rings. The molecular weight excluding hydrogens is 266 g/mol. The van der Waals surface area contributed by atoms with Crippen LogP contribution in [0.4, 0.5) is 5.69 Å². The minimum absolute atomic E-state index is 0.0151. The summed E-state index contributed by atoms with van der Waals surface area (Å²) < 4.78 is 0. The van der Waals surface area contributed by atoms with Crippen molar-refractivity contribution in [2.24, 2.45) is 0 Å². The van der Waals surface area contributed by atoms with E-state index >= 15 is 0 Å². The van der Waals surface area contributed by atoms with Gasteiger partial charge in [-0.05, 0) is 24.6 Å². The van der Waals surface area contributed by atoms with Gasteiger partial charge in [-0.2, -0.15) is 0 Å². The third-order valence-corrected chi connectivity index (χ3v) is 3.43. The molecule has 0 saturated carbocycles. The Balaban J connectivity index is 2.09. The van der Waals surface area contributed by atoms with Gasteiger partial charge in [0.05, 0.1) is 10.6 Å². The number of carbonyl (C=O) groups excluding carboxylic acids is 2. The maximum atomic E-state index is 12.3. The maximum Gasteiger partial charge on any atom is 0.255 e. The lowest BCUT2D eigenvalue weighted by Gasteiger charge is -2.17. The number of carbonyl (C=O) groups is 2. The Morgan fingerprint density at radius 3 is 2.89 bits per heavy atom. The number of nitrogens with zero attached hydrogens (tertiary/aromatic N) is 1. The molecule has 0 aliphatic carbocycles. The molecule has 0 bridgehead atoms. The molecule has 1 aromatic carbocycles. The van der Waals surface area contributed by atoms with E-state index in [2.05, 4.69) is 5.32 Å². The highest BCUT2D eigenvalue weighted by atomic mass is 35.5. The van der Waals surface area contributed by atoms with Crippen LogP contribution in [-0.2, 0) is 4.79 Å². The molecule has 2 amide bonds. The average Bonchev–Trinajstić information content (AvgIpc) is 2.79. The number of amides is 2. The second kappa shape index (κ2) is 5.48. The van der Waals surface area contributed by atoms with E-state index in [9.17, 15) is 9.59 Å². The first-order valence-electron chi connectivity index (χ1n) is 6.09. The predicted octanol–water partition coefficient (Wildman–Crippen LogP) is 1.27. The summed E-state index contributed by atoms with van der Waals surface area (Å²) in [5, 5.41) is 3.20. The number of nitrogens with two attached hydrogens (primary N) is 1. The first-order valence-corrected chi connectivity index (χ1v) is 6.46. The van der Waals surface area contributed by atoms with Crippen molar-refractivity contribution in [3.8, 4) is 0 Å². The Bertz CT molecular complexity index is 519. The largest absolute Gasteiger partial charge is 0.399 e. The average molecular weight is 282 g/mol. The van der Waals surface area contributed by atoms with E-state index in [4.69, 9.17) is 17.3 Å². The van der Waals surface area contributed by atoms with Crippen molar-refractivity contribution in [3.63, 3.8) is 0 Å². The summed E-state index contributed by atoms with van der Waals surface area (Å²) in [6.45, 7) is 2.58. The third-order valence-electron chi connectivity index (χ3n) is 3.10. The van der Waals surface area contributed by atoms with Crippen LogP contribution < -0.4 is 11.1 Å². The van der Waals surface area contributed by atoms with E-state index in [0.29, 0.717) is 29.4 Å². The normalized spacial score (nSPS) is 18.4. The number of rotatable bonds is 2. The number of hydrogen-bond acceptors (Lipinski definition) is 3. The summed E-state index contributed by atoms with van der Waals surface area (Å²) in [6, 6.07) is 4.87. The van der Waals surface area contributed by atoms with Crippen molar-refractivity contribution < 1.29 is 9.59 Å². The fourth-order valence-electron chi connectivity index (χ4n) is 2.23. The molecule has 2 rings (SSSR count). The fourth-order valence-corrected chi connectivity index (χ4v) is 2.43. The Morgan fingerprint density at radius 1 is 1.47 bits per heavy atom. The second-order valence-electron chi connectivity index (χ2n) is 4.68. The van der Waals surface area contributed by atoms with Crippen LogP contribution >= 0.6 is 11.6 Å². The van der Waals surface area contributed by atoms with Crippen molar-refractivity contribution in [1.82, 2.24) is 10.2 Å². The van der Waals surface area contributed by atoms with Gasteiger partial charge < -0.3 is 16.0 Å². The number of nitrogen functional groups attached to an aromatic ring is 1. The molecule has 0 aromatic heterocycles. The minimum atomic E-state index is -0.148. The van der Waals surface area contributed by atoms with Crippen LogP contribution in [0.25, 0.3) is 0 Å². The van der Waals surface area contributed by atoms with Crippen LogP contribution in [0.2, 0.25) is 5.02 Å². The fraction of sp³-hybridized carbons (Fsp3) is 0.385. The van der Waals surface area contributed by atoms with Gasteiger partial charge in [-0.15, -0.1) is 0 Å². The number of nitrogens with one attached hydrogen (secondary N) is 1. The van der Waals surface area contributed by atoms with Gasteiger partial charge in [0.15, 0.2) is 0 Å². The molecule has 1 atom stereocenters. The quantitative estimate of drug-likeness (QED) is 0.802. The number of hydrogen-bond donors (Lipinski definition) is 2. The summed E-state index contributed by atoms with van der Waals surface area (Å²) in [5.41, 5.74) is 6.58. The third kappa shape index (κ3) is 3.17. The van der Waals surface area contributed by atoms with Crippen LogP contribution in [-0.4, -0.2) is 35.8 Å². The lowest BCUT2D eigenvalue weighted by Crippen LogP contribution is -2.37. The Kier molecular flexibility index (Phi) is 3.95. The molecule has 0 radical (unpaired) electrons. The zero-order valence-electron chi connectivity index (χ0n) is 10.6. The van der Waals surface area contributed by atoms with Crippen molar-refractivity contribution in [1.29, 1.82) is 0 Å². The van der Waals surface area contributed by atoms with Crippen molar-refractivity contribution in [3.05, 3.63) is 28.8 Å². The van der Waals surface area contributed by atoms with Gasteiger partial charge in [0.1, 0.15) is 0 Å². The molecule has 1 aromatic rings. The van der Waals surface area contributed by atoms with Gasteiger partial charge in [0.25, 0.3) is 5.91 Å². The number of anilines is 1. The molecule has 6 heteroatoms. The first-order chi connectivity index (χ1) is 8.97. The summed E-state index contributed by atoms with van der Waals surface area (Å²) in [6.07, 6.45) is 0.755. The molecule has 1 aliphatic rings. The van der Waals surface area contributed by atoms with Crippen molar-refractivity contribution in [2.75, 3.05) is 18.8 Å². The molecule has 3 N–H and O–H groups in total. The highest BCUT2D eigenvalue weighted by Gasteiger charge is 2.28. The minimum Gasteiger partial charge on any atom is -0.399 e. The van der Waals surface area contributed by atoms with E-state index in [1.54, 1.807) is 23.1 Å². The molecule has 1 unspecified atom stereocenters. The maximum absolute atomic E-state index is 12.3. The summed E-state index contributed by atoms with van der Waals surface area (Å²) >= 11 is 6.02. The molecule has 5 nitrogen and oxygen atoms in total. The smallest absolute Gasteiger partial charge is 0.255 e. The lowest BCUT2D eigenvalue weighted by atomic mass is 10.2. The van der Waals surface area contributed by atoms with Crippen LogP contribution in [0.3, 0.4) is 0 Å². The van der Waals surface area contributed by atoms with Crippen LogP contribution in [0.5, 0.6) is 0 Å². The van der Waals surface area contributed by atoms with E-state index < -0.39 is 0 Å². The Hall–Kier alpha value is -1.75. The molecule has 1 heterocycles. The van der Waals surface area contributed by atoms with Crippen molar-refractivity contribution in [2.45, 2.75) is 19.4 Å². The summed E-state index contributed by atoms with van der Waals surface area (Å²) in [4.78, 5) is 25.0. The first kappa shape index (κ1) is 13.7. The van der Waals surface area contributed by atoms with E-state index in [0.717, 1.165) is 6.42 Å². The lowest BCUT2D eigenvalue weighted by molar-refractivity contribution is -0.119. The highest BCUT2D eigenvalue weighted by molar-refractivity contribution is 6.34. The summed E-state index contributed by atoms with van der Waals surface area (Å²) in [5.74, 6) is -0.230. The van der Waals surface area contributed by atoms with Crippen LogP contribution in [0.15, 0.2) is 18.2 Å². The summed E-state index contributed by atoms with van der Waals surface area (Å²) in [7, 11) is 0. The van der Waals surface area contributed by atoms with Gasteiger partial charge >= 0.3 is 0 Å². The second-order valence-corrected chi connectivity index (χ2v) is 5.08. The zero-order chi connectivity index (χ0) is 14.0. The van der Waals surface area contributed by atoms with Crippen molar-refractivity contribution >= 4 is 29.1 Å². The van der Waals surface area contributed by atoms with Gasteiger partial charge in [-0.1, -0.05) is 11.6 Å². The van der Waals surface area contributed by atoms with Gasteiger partial charge in [0, 0.05) is 31.7 Å². The van der Waals surface area contributed by atoms with Gasteiger partial charge in [-0.3, -0.25) is 9.59 Å². The Labute approximate surface area is 116 Å². The number of likely N-dealkylation sites (tertiary alicyclic amines) is 1. The van der Waals surface area contributed by atoms with E-state index in [-0.39, 0.29) is 17.9 Å². The molecule has 1 saturated heterocycles. The monoisotopic (exact) mass is 281 g/mol. The molecule has 102 valence electrons. The van der Waals surface area contributed by atoms with E-state index in [1.165, 1.54) is 6.92 Å². The predicted molar refractivity (Wildman–Crippen MR) is 74.0 cm³/mol. The van der Waals surface area contributed by atoms with Gasteiger partial charge in [-0.25, -0.2) is 0 Å². The highest BCUT2D eigenvalue weighted by Crippen LogP contribution is 2.22. The van der Waals surface area contributed by atoms with Crippen LogP contribution in [0.1, 0.15) is 23.7 Å². The van der Waals surface area contributed by atoms with Gasteiger partial charge in [0.2, 0.25) is 5.91 Å². The number of benzene rings is 1. The van der Waals surface area contributed by atoms with E-state index in [1.807, 2.05) is 0 Å². The van der Waals surface area contributed by atoms with Crippen LogP contribution in [0, 0.1) is 0 Å². The SMILES string of the molecule is CC(=O)NC1CCN(C(=O)c2cc(N)ccc2Cl)C1. The molecule has 19 heavy (non-hydrogen) atoms. The molecular formula is C13H16ClN3O2. The molecule has 0 spiro atoms. The molecule has 1 aliphatic heterocycles. The zero-order valence-corrected chi connectivity index (χ0v) is 11.4. The topological polar surface area (TPSA) is 75.4 Å². The standard InChI is InChI=1S/C13H16ClN3O2/c1-8(18)16-10-4-5-17(7-10)13(19)11-6-9(15)2-3-12(11)14/h2-3,6,10H,4-5,7,15H2,1H3,(H,16,18). The Morgan fingerprint density at radius 2 is 2.21 bits per heavy atom.